The van der Waals surface area contributed by atoms with Gasteiger partial charge in [-0.3, -0.25) is 20.0 Å². The number of aryl methyl sites for hydroxylation is 1. The number of ether oxygens (including phenoxy) is 1. The lowest BCUT2D eigenvalue weighted by Gasteiger charge is -1.98. The third-order valence-corrected chi connectivity index (χ3v) is 2.57. The highest BCUT2D eigenvalue weighted by atomic mass is 35.5. The second kappa shape index (κ2) is 4.75. The molecule has 2 rings (SSSR count). The molecular weight excluding hydrogens is 262 g/mol. The number of aromatic amines is 1. The molecule has 2 aromatic rings. The van der Waals surface area contributed by atoms with Crippen LogP contribution in [0.4, 0.5) is 5.95 Å². The molecule has 0 aliphatic rings. The predicted octanol–water partition coefficient (Wildman–Crippen LogP) is -0.0357. The summed E-state index contributed by atoms with van der Waals surface area (Å²) < 4.78 is 5.71. The highest BCUT2D eigenvalue weighted by Crippen LogP contribution is 2.08. The predicted molar refractivity (Wildman–Crippen MR) is 63.9 cm³/mol. The van der Waals surface area contributed by atoms with Gasteiger partial charge in [-0.15, -0.1) is 0 Å². The van der Waals surface area contributed by atoms with E-state index in [9.17, 15) is 9.59 Å². The minimum atomic E-state index is -0.473. The number of H-pyrrole nitrogens is 1. The molecule has 0 radical (unpaired) electrons. The van der Waals surface area contributed by atoms with E-state index < -0.39 is 11.5 Å². The van der Waals surface area contributed by atoms with Gasteiger partial charge in [-0.1, -0.05) is 11.6 Å². The Morgan fingerprint density at radius 3 is 2.94 bits per heavy atom. The number of carbonyl (C=O) groups is 1. The molecule has 1 amide bonds. The Morgan fingerprint density at radius 1 is 1.56 bits per heavy atom. The van der Waals surface area contributed by atoms with Crippen molar-refractivity contribution < 1.29 is 9.53 Å². The number of aromatic nitrogens is 4. The van der Waals surface area contributed by atoms with Gasteiger partial charge in [0, 0.05) is 7.11 Å². The summed E-state index contributed by atoms with van der Waals surface area (Å²) in [7, 11) is 1.40. The summed E-state index contributed by atoms with van der Waals surface area (Å²) in [5.41, 5.74) is -0.0955. The van der Waals surface area contributed by atoms with Crippen LogP contribution in [0.5, 0.6) is 0 Å². The SMILES string of the molecule is COCC(=O)Nc1nc2nc(C)c(Cl)c(=O)n2[nH]1. The molecule has 0 saturated carbocycles. The quantitative estimate of drug-likeness (QED) is 0.816. The Hall–Kier alpha value is -1.93. The van der Waals surface area contributed by atoms with Crippen molar-refractivity contribution >= 4 is 29.2 Å². The van der Waals surface area contributed by atoms with Crippen molar-refractivity contribution in [3.05, 3.63) is 21.1 Å². The zero-order valence-corrected chi connectivity index (χ0v) is 10.4. The van der Waals surface area contributed by atoms with Gasteiger partial charge in [-0.2, -0.15) is 9.50 Å². The van der Waals surface area contributed by atoms with Crippen LogP contribution >= 0.6 is 11.6 Å². The number of carbonyl (C=O) groups excluding carboxylic acids is 1. The molecule has 9 heteroatoms. The van der Waals surface area contributed by atoms with Gasteiger partial charge in [0.1, 0.15) is 11.6 Å². The van der Waals surface area contributed by atoms with E-state index in [1.54, 1.807) is 6.92 Å². The van der Waals surface area contributed by atoms with Crippen molar-refractivity contribution in [3.8, 4) is 0 Å². The topological polar surface area (TPSA) is 101 Å². The Kier molecular flexibility index (Phi) is 3.30. The van der Waals surface area contributed by atoms with Crippen molar-refractivity contribution in [3.63, 3.8) is 0 Å². The van der Waals surface area contributed by atoms with Crippen LogP contribution in [0.1, 0.15) is 5.69 Å². The van der Waals surface area contributed by atoms with Crippen LogP contribution in [0.15, 0.2) is 4.79 Å². The molecule has 0 spiro atoms. The lowest BCUT2D eigenvalue weighted by molar-refractivity contribution is -0.119. The van der Waals surface area contributed by atoms with E-state index >= 15 is 0 Å². The standard InChI is InChI=1S/C9H10ClN5O3/c1-4-6(10)7(17)15-9(11-4)13-8(14-15)12-5(16)3-18-2/h3H2,1-2H3,(H2,11,12,13,14,16). The van der Waals surface area contributed by atoms with Gasteiger partial charge in [0.2, 0.25) is 5.95 Å². The van der Waals surface area contributed by atoms with Crippen molar-refractivity contribution in [1.82, 2.24) is 19.6 Å². The van der Waals surface area contributed by atoms with E-state index in [1.807, 2.05) is 0 Å². The number of fused-ring (bicyclic) bond motifs is 1. The van der Waals surface area contributed by atoms with Crippen LogP contribution in [0.3, 0.4) is 0 Å². The van der Waals surface area contributed by atoms with E-state index in [0.717, 1.165) is 4.52 Å². The summed E-state index contributed by atoms with van der Waals surface area (Å²) in [6.07, 6.45) is 0. The average molecular weight is 272 g/mol. The first-order valence-corrected chi connectivity index (χ1v) is 5.34. The Labute approximate surface area is 106 Å². The van der Waals surface area contributed by atoms with Crippen LogP contribution in [0.25, 0.3) is 5.78 Å². The number of hydrogen-bond acceptors (Lipinski definition) is 5. The molecule has 96 valence electrons. The number of amides is 1. The van der Waals surface area contributed by atoms with E-state index in [2.05, 4.69) is 25.1 Å². The second-order valence-corrected chi connectivity index (χ2v) is 3.88. The summed E-state index contributed by atoms with van der Waals surface area (Å²) in [6, 6.07) is 0. The molecule has 0 atom stereocenters. The normalized spacial score (nSPS) is 10.8. The summed E-state index contributed by atoms with van der Waals surface area (Å²) in [6.45, 7) is 1.49. The first-order valence-electron chi connectivity index (χ1n) is 4.96. The van der Waals surface area contributed by atoms with Gasteiger partial charge in [0.25, 0.3) is 17.2 Å². The highest BCUT2D eigenvalue weighted by Gasteiger charge is 2.12. The maximum atomic E-state index is 11.8. The van der Waals surface area contributed by atoms with Crippen molar-refractivity contribution in [2.45, 2.75) is 6.92 Å². The molecule has 0 aliphatic heterocycles. The zero-order valence-electron chi connectivity index (χ0n) is 9.65. The second-order valence-electron chi connectivity index (χ2n) is 3.51. The van der Waals surface area contributed by atoms with Crippen LogP contribution in [-0.4, -0.2) is 39.2 Å². The summed E-state index contributed by atoms with van der Waals surface area (Å²) in [5.74, 6) is -0.162. The van der Waals surface area contributed by atoms with E-state index in [-0.39, 0.29) is 23.4 Å². The van der Waals surface area contributed by atoms with Gasteiger partial charge in [0.05, 0.1) is 5.69 Å². The number of halogens is 1. The monoisotopic (exact) mass is 271 g/mol. The van der Waals surface area contributed by atoms with Crippen molar-refractivity contribution in [2.24, 2.45) is 0 Å². The van der Waals surface area contributed by atoms with Gasteiger partial charge >= 0.3 is 0 Å². The van der Waals surface area contributed by atoms with Crippen molar-refractivity contribution in [1.29, 1.82) is 0 Å². The van der Waals surface area contributed by atoms with E-state index in [1.165, 1.54) is 7.11 Å². The molecule has 0 unspecified atom stereocenters. The molecule has 2 N–H and O–H groups in total. The maximum absolute atomic E-state index is 11.8. The molecule has 0 aromatic carbocycles. The molecular formula is C9H10ClN5O3. The molecule has 2 heterocycles. The number of nitrogens with zero attached hydrogens (tertiary/aromatic N) is 3. The smallest absolute Gasteiger partial charge is 0.293 e. The first kappa shape index (κ1) is 12.5. The fraction of sp³-hybridized carbons (Fsp3) is 0.333. The molecule has 0 saturated heterocycles. The Bertz CT molecular complexity index is 662. The van der Waals surface area contributed by atoms with E-state index in [4.69, 9.17) is 11.6 Å². The van der Waals surface area contributed by atoms with Crippen molar-refractivity contribution in [2.75, 3.05) is 19.0 Å². The van der Waals surface area contributed by atoms with Crippen LogP contribution in [-0.2, 0) is 9.53 Å². The van der Waals surface area contributed by atoms with Gasteiger partial charge in [-0.05, 0) is 6.92 Å². The summed E-state index contributed by atoms with van der Waals surface area (Å²) in [4.78, 5) is 31.0. The van der Waals surface area contributed by atoms with Gasteiger partial charge in [0.15, 0.2) is 0 Å². The number of nitrogens with one attached hydrogen (secondary N) is 2. The first-order chi connectivity index (χ1) is 8.52. The van der Waals surface area contributed by atoms with Gasteiger partial charge < -0.3 is 4.74 Å². The highest BCUT2D eigenvalue weighted by molar-refractivity contribution is 6.31. The Balaban J connectivity index is 2.42. The maximum Gasteiger partial charge on any atom is 0.293 e. The molecule has 0 bridgehead atoms. The fourth-order valence-corrected chi connectivity index (χ4v) is 1.48. The minimum Gasteiger partial charge on any atom is -0.375 e. The molecule has 18 heavy (non-hydrogen) atoms. The number of hydrogen-bond donors (Lipinski definition) is 2. The summed E-state index contributed by atoms with van der Waals surface area (Å²) >= 11 is 5.77. The summed E-state index contributed by atoms with van der Waals surface area (Å²) in [5, 5.41) is 5.01. The number of rotatable bonds is 3. The third-order valence-electron chi connectivity index (χ3n) is 2.14. The van der Waals surface area contributed by atoms with E-state index in [0.29, 0.717) is 5.69 Å². The van der Waals surface area contributed by atoms with Crippen LogP contribution in [0.2, 0.25) is 5.02 Å². The van der Waals surface area contributed by atoms with Gasteiger partial charge in [-0.25, -0.2) is 4.98 Å². The third kappa shape index (κ3) is 2.20. The molecule has 2 aromatic heterocycles. The molecule has 0 aliphatic carbocycles. The lowest BCUT2D eigenvalue weighted by atomic mass is 10.4. The molecule has 8 nitrogen and oxygen atoms in total. The number of anilines is 1. The van der Waals surface area contributed by atoms with Crippen LogP contribution in [0, 0.1) is 6.92 Å². The largest absolute Gasteiger partial charge is 0.375 e. The molecule has 0 fully saturated rings. The number of methoxy groups -OCH3 is 1. The zero-order chi connectivity index (χ0) is 13.3. The lowest BCUT2D eigenvalue weighted by Crippen LogP contribution is -2.19. The fourth-order valence-electron chi connectivity index (χ4n) is 1.35. The Morgan fingerprint density at radius 2 is 2.28 bits per heavy atom. The van der Waals surface area contributed by atoms with Crippen LogP contribution < -0.4 is 10.9 Å². The average Bonchev–Trinajstić information content (AvgIpc) is 2.69. The minimum absolute atomic E-state index is 0.00548.